The van der Waals surface area contributed by atoms with Gasteiger partial charge in [-0.15, -0.1) is 11.8 Å². The van der Waals surface area contributed by atoms with Gasteiger partial charge in [-0.1, -0.05) is 36.4 Å². The summed E-state index contributed by atoms with van der Waals surface area (Å²) in [6, 6.07) is 21.9. The SMILES string of the molecule is O=C1CCCC(O)=C1c1ccc2cc(-c3ccc(SC45CC6CC(CC(C6)C4)C5)cc3)ccc2c1. The molecule has 0 amide bonds. The second-order valence-electron chi connectivity index (χ2n) is 11.6. The van der Waals surface area contributed by atoms with E-state index in [1.807, 2.05) is 12.1 Å². The molecule has 0 aliphatic heterocycles. The summed E-state index contributed by atoms with van der Waals surface area (Å²) in [7, 11) is 0. The Labute approximate surface area is 211 Å². The first-order chi connectivity index (χ1) is 17.0. The molecule has 3 aromatic carbocycles. The first-order valence-corrected chi connectivity index (χ1v) is 14.1. The molecule has 0 radical (unpaired) electrons. The van der Waals surface area contributed by atoms with Gasteiger partial charge in [-0.2, -0.15) is 0 Å². The highest BCUT2D eigenvalue weighted by atomic mass is 32.2. The molecule has 4 bridgehead atoms. The van der Waals surface area contributed by atoms with Crippen LogP contribution in [0, 0.1) is 17.8 Å². The van der Waals surface area contributed by atoms with E-state index in [1.165, 1.54) is 54.5 Å². The minimum absolute atomic E-state index is 0.0521. The smallest absolute Gasteiger partial charge is 0.166 e. The molecule has 0 saturated heterocycles. The monoisotopic (exact) mass is 480 g/mol. The van der Waals surface area contributed by atoms with Crippen LogP contribution in [-0.4, -0.2) is 15.6 Å². The predicted molar refractivity (Wildman–Crippen MR) is 145 cm³/mol. The number of aliphatic hydroxyl groups excluding tert-OH is 1. The van der Waals surface area contributed by atoms with Crippen molar-refractivity contribution < 1.29 is 9.90 Å². The van der Waals surface area contributed by atoms with Crippen molar-refractivity contribution in [2.75, 3.05) is 0 Å². The van der Waals surface area contributed by atoms with Gasteiger partial charge in [-0.05, 0) is 114 Å². The van der Waals surface area contributed by atoms with E-state index in [9.17, 15) is 9.90 Å². The third-order valence-corrected chi connectivity index (χ3v) is 10.5. The lowest BCUT2D eigenvalue weighted by atomic mass is 9.56. The van der Waals surface area contributed by atoms with Crippen LogP contribution in [0.5, 0.6) is 0 Å². The summed E-state index contributed by atoms with van der Waals surface area (Å²) in [6.07, 6.45) is 10.6. The lowest BCUT2D eigenvalue weighted by Crippen LogP contribution is -2.48. The maximum Gasteiger partial charge on any atom is 0.166 e. The number of hydrogen-bond donors (Lipinski definition) is 1. The topological polar surface area (TPSA) is 37.3 Å². The fourth-order valence-corrected chi connectivity index (χ4v) is 9.59. The molecule has 35 heavy (non-hydrogen) atoms. The standard InChI is InChI=1S/C32H32O2S/c33-29-2-1-3-30(34)31(29)27-7-6-25-15-24(4-5-26(25)16-27)23-8-10-28(11-9-23)35-32-17-20-12-21(18-32)14-22(13-20)19-32/h4-11,15-16,20-22,33H,1-3,12-14,17-19H2. The zero-order valence-corrected chi connectivity index (χ0v) is 20.9. The van der Waals surface area contributed by atoms with Gasteiger partial charge in [0.1, 0.15) is 5.76 Å². The van der Waals surface area contributed by atoms with Crippen molar-refractivity contribution >= 4 is 33.9 Å². The van der Waals surface area contributed by atoms with Crippen LogP contribution >= 0.6 is 11.8 Å². The fraction of sp³-hybridized carbons (Fsp3) is 0.406. The Kier molecular flexibility index (Phi) is 5.13. The van der Waals surface area contributed by atoms with Crippen LogP contribution in [0.1, 0.15) is 63.4 Å². The molecule has 178 valence electrons. The first-order valence-electron chi connectivity index (χ1n) is 13.3. The van der Waals surface area contributed by atoms with E-state index in [0.29, 0.717) is 23.2 Å². The number of allylic oxidation sites excluding steroid dienone is 2. The number of benzene rings is 3. The lowest BCUT2D eigenvalue weighted by molar-refractivity contribution is -0.114. The highest BCUT2D eigenvalue weighted by Crippen LogP contribution is 2.61. The van der Waals surface area contributed by atoms with Crippen LogP contribution in [0.25, 0.3) is 27.5 Å². The van der Waals surface area contributed by atoms with Crippen molar-refractivity contribution in [3.05, 3.63) is 72.0 Å². The van der Waals surface area contributed by atoms with Gasteiger partial charge >= 0.3 is 0 Å². The summed E-state index contributed by atoms with van der Waals surface area (Å²) in [5.41, 5.74) is 3.80. The van der Waals surface area contributed by atoms with E-state index in [2.05, 4.69) is 60.3 Å². The van der Waals surface area contributed by atoms with Crippen molar-refractivity contribution in [2.45, 2.75) is 67.4 Å². The number of fused-ring (bicyclic) bond motifs is 1. The van der Waals surface area contributed by atoms with E-state index in [4.69, 9.17) is 0 Å². The largest absolute Gasteiger partial charge is 0.512 e. The van der Waals surface area contributed by atoms with Crippen LogP contribution in [0.4, 0.5) is 0 Å². The minimum Gasteiger partial charge on any atom is -0.512 e. The second-order valence-corrected chi connectivity index (χ2v) is 13.1. The highest BCUT2D eigenvalue weighted by Gasteiger charge is 2.51. The van der Waals surface area contributed by atoms with Gasteiger partial charge in [-0.3, -0.25) is 4.79 Å². The summed E-state index contributed by atoms with van der Waals surface area (Å²) in [4.78, 5) is 13.8. The zero-order valence-electron chi connectivity index (χ0n) is 20.1. The molecule has 0 heterocycles. The number of aliphatic hydroxyl groups is 1. The van der Waals surface area contributed by atoms with E-state index < -0.39 is 0 Å². The molecule has 0 aromatic heterocycles. The van der Waals surface area contributed by atoms with Crippen molar-refractivity contribution in [1.29, 1.82) is 0 Å². The molecule has 8 rings (SSSR count). The van der Waals surface area contributed by atoms with E-state index in [-0.39, 0.29) is 11.5 Å². The van der Waals surface area contributed by atoms with Crippen LogP contribution in [0.3, 0.4) is 0 Å². The van der Waals surface area contributed by atoms with Gasteiger partial charge in [0.2, 0.25) is 0 Å². The fourth-order valence-electron chi connectivity index (χ4n) is 7.86. The Morgan fingerprint density at radius 1 is 0.714 bits per heavy atom. The predicted octanol–water partition coefficient (Wildman–Crippen LogP) is 8.59. The number of rotatable bonds is 4. The summed E-state index contributed by atoms with van der Waals surface area (Å²) in [5.74, 6) is 3.26. The Balaban J connectivity index is 1.12. The van der Waals surface area contributed by atoms with E-state index in [0.717, 1.165) is 40.5 Å². The molecular weight excluding hydrogens is 448 g/mol. The molecule has 4 fully saturated rings. The van der Waals surface area contributed by atoms with Gasteiger partial charge in [0, 0.05) is 22.5 Å². The molecule has 4 saturated carbocycles. The molecule has 1 N–H and O–H groups in total. The number of hydrogen-bond acceptors (Lipinski definition) is 3. The normalized spacial score (nSPS) is 29.8. The summed E-state index contributed by atoms with van der Waals surface area (Å²) >= 11 is 2.17. The van der Waals surface area contributed by atoms with Crippen molar-refractivity contribution in [3.63, 3.8) is 0 Å². The Hall–Kier alpha value is -2.52. The molecule has 2 nitrogen and oxygen atoms in total. The quantitative estimate of drug-likeness (QED) is 0.406. The van der Waals surface area contributed by atoms with Crippen LogP contribution in [0.2, 0.25) is 0 Å². The summed E-state index contributed by atoms with van der Waals surface area (Å²) in [6.45, 7) is 0. The molecule has 3 heteroatoms. The zero-order chi connectivity index (χ0) is 23.6. The Bertz CT molecular complexity index is 1310. The lowest BCUT2D eigenvalue weighted by Gasteiger charge is -2.56. The Morgan fingerprint density at radius 3 is 1.91 bits per heavy atom. The molecule has 0 spiro atoms. The third-order valence-electron chi connectivity index (χ3n) is 9.02. The molecular formula is C32H32O2S. The van der Waals surface area contributed by atoms with Gasteiger partial charge < -0.3 is 5.11 Å². The van der Waals surface area contributed by atoms with Crippen LogP contribution in [0.15, 0.2) is 71.3 Å². The minimum atomic E-state index is 0.0521. The molecule has 3 aromatic rings. The average Bonchev–Trinajstić information content (AvgIpc) is 2.83. The number of thioether (sulfide) groups is 1. The van der Waals surface area contributed by atoms with Crippen molar-refractivity contribution in [2.24, 2.45) is 17.8 Å². The van der Waals surface area contributed by atoms with Gasteiger partial charge in [0.15, 0.2) is 5.78 Å². The van der Waals surface area contributed by atoms with Crippen LogP contribution in [-0.2, 0) is 4.79 Å². The van der Waals surface area contributed by atoms with Crippen LogP contribution < -0.4 is 0 Å². The third kappa shape index (κ3) is 3.93. The Morgan fingerprint density at radius 2 is 1.29 bits per heavy atom. The first kappa shape index (κ1) is 21.7. The van der Waals surface area contributed by atoms with Crippen molar-refractivity contribution in [3.8, 4) is 11.1 Å². The summed E-state index contributed by atoms with van der Waals surface area (Å²) < 4.78 is 0.501. The molecule has 0 atom stereocenters. The molecule has 5 aliphatic rings. The number of carbonyl (C=O) groups is 1. The number of ketones is 1. The van der Waals surface area contributed by atoms with E-state index >= 15 is 0 Å². The van der Waals surface area contributed by atoms with Gasteiger partial charge in [-0.25, -0.2) is 0 Å². The maximum atomic E-state index is 12.4. The van der Waals surface area contributed by atoms with Gasteiger partial charge in [0.25, 0.3) is 0 Å². The maximum absolute atomic E-state index is 12.4. The molecule has 5 aliphatic carbocycles. The van der Waals surface area contributed by atoms with Gasteiger partial charge in [0.05, 0.1) is 5.57 Å². The number of Topliss-reactive ketones (excluding diaryl/α,β-unsaturated/α-hetero) is 1. The molecule has 0 unspecified atom stereocenters. The van der Waals surface area contributed by atoms with Crippen molar-refractivity contribution in [1.82, 2.24) is 0 Å². The average molecular weight is 481 g/mol. The highest BCUT2D eigenvalue weighted by molar-refractivity contribution is 8.00. The number of carbonyl (C=O) groups excluding carboxylic acids is 1. The van der Waals surface area contributed by atoms with E-state index in [1.54, 1.807) is 0 Å². The second kappa shape index (κ2) is 8.27. The summed E-state index contributed by atoms with van der Waals surface area (Å²) in [5, 5.41) is 12.6.